The summed E-state index contributed by atoms with van der Waals surface area (Å²) in [7, 11) is 0. The number of hydrogen-bond acceptors (Lipinski definition) is 2. The Morgan fingerprint density at radius 3 is 2.11 bits per heavy atom. The van der Waals surface area contributed by atoms with Crippen LogP contribution in [-0.4, -0.2) is 5.97 Å². The molecule has 0 rings (SSSR count). The average molecular weight is 293 g/mol. The van der Waals surface area contributed by atoms with E-state index >= 15 is 0 Å². The molecule has 0 atom stereocenters. The van der Waals surface area contributed by atoms with Crippen LogP contribution < -0.4 is 51.4 Å². The molecular weight excluding hydrogens is 263 g/mol. The van der Waals surface area contributed by atoms with Crippen LogP contribution in [0.3, 0.4) is 0 Å². The first kappa shape index (κ1) is 21.9. The minimum Gasteiger partial charge on any atom is -1.00 e. The number of esters is 1. The van der Waals surface area contributed by atoms with Gasteiger partial charge in [0.25, 0.3) is 0 Å². The summed E-state index contributed by atoms with van der Waals surface area (Å²) in [5.41, 5.74) is 0. The molecule has 0 aliphatic heterocycles. The first-order valence-corrected chi connectivity index (χ1v) is 7.28. The van der Waals surface area contributed by atoms with Crippen molar-refractivity contribution in [2.24, 2.45) is 0 Å². The zero-order valence-corrected chi connectivity index (χ0v) is 15.9. The van der Waals surface area contributed by atoms with Crippen molar-refractivity contribution in [2.75, 3.05) is 0 Å². The maximum absolute atomic E-state index is 11.2. The van der Waals surface area contributed by atoms with Crippen LogP contribution in [0, 0.1) is 0 Å². The van der Waals surface area contributed by atoms with E-state index in [-0.39, 0.29) is 58.8 Å². The van der Waals surface area contributed by atoms with Crippen molar-refractivity contribution < 1.29 is 62.3 Å². The van der Waals surface area contributed by atoms with Crippen LogP contribution >= 0.6 is 0 Å². The molecule has 0 heterocycles. The summed E-state index contributed by atoms with van der Waals surface area (Å²) in [6.45, 7) is 5.74. The fraction of sp³-hybridized carbons (Fsp3) is 0.688. The molecule has 19 heavy (non-hydrogen) atoms. The summed E-state index contributed by atoms with van der Waals surface area (Å²) in [6.07, 6.45) is 16.5. The van der Waals surface area contributed by atoms with Gasteiger partial charge in [-0.05, 0) is 12.5 Å². The topological polar surface area (TPSA) is 26.3 Å². The molecule has 0 aromatic heterocycles. The molecule has 2 nitrogen and oxygen atoms in total. The average Bonchev–Trinajstić information content (AvgIpc) is 2.37. The Hall–Kier alpha value is 0.586. The predicted octanol–water partition coefficient (Wildman–Crippen LogP) is 2.27. The first-order chi connectivity index (χ1) is 8.81. The monoisotopic (exact) mass is 292 g/mol. The van der Waals surface area contributed by atoms with Crippen LogP contribution in [0.15, 0.2) is 25.0 Å². The Morgan fingerprint density at radius 2 is 1.58 bits per heavy atom. The molecule has 0 saturated carbocycles. The second-order valence-electron chi connectivity index (χ2n) is 4.63. The van der Waals surface area contributed by atoms with Gasteiger partial charge in [0.1, 0.15) is 0 Å². The van der Waals surface area contributed by atoms with Gasteiger partial charge in [0.2, 0.25) is 0 Å². The van der Waals surface area contributed by atoms with Crippen molar-refractivity contribution in [1.82, 2.24) is 0 Å². The summed E-state index contributed by atoms with van der Waals surface area (Å²) in [6, 6.07) is 0. The second-order valence-corrected chi connectivity index (χ2v) is 4.63. The number of hydrogen-bond donors (Lipinski definition) is 0. The normalized spacial score (nSPS) is 10.2. The van der Waals surface area contributed by atoms with Crippen molar-refractivity contribution >= 4 is 5.97 Å². The predicted molar refractivity (Wildman–Crippen MR) is 78.4 cm³/mol. The molecule has 0 aromatic rings. The summed E-state index contributed by atoms with van der Waals surface area (Å²) in [5, 5.41) is 0. The molecule has 0 fully saturated rings. The van der Waals surface area contributed by atoms with Gasteiger partial charge in [-0.3, -0.25) is 4.79 Å². The third-order valence-corrected chi connectivity index (χ3v) is 2.90. The minimum absolute atomic E-state index is 0. The van der Waals surface area contributed by atoms with Gasteiger partial charge in [0, 0.05) is 6.42 Å². The van der Waals surface area contributed by atoms with Crippen molar-refractivity contribution in [3.8, 4) is 0 Å². The van der Waals surface area contributed by atoms with Gasteiger partial charge in [-0.15, -0.1) is 0 Å². The fourth-order valence-electron chi connectivity index (χ4n) is 1.81. The Morgan fingerprint density at radius 1 is 1.05 bits per heavy atom. The Balaban J connectivity index is -0.00000144. The molecule has 0 aliphatic rings. The summed E-state index contributed by atoms with van der Waals surface area (Å²) in [5.74, 6) is -0.143. The third kappa shape index (κ3) is 18.6. The molecule has 3 heteroatoms. The molecule has 0 aliphatic carbocycles. The summed E-state index contributed by atoms with van der Waals surface area (Å²) in [4.78, 5) is 11.2. The Bertz CT molecular complexity index is 243. The maximum atomic E-state index is 11.2. The van der Waals surface area contributed by atoms with E-state index in [0.717, 1.165) is 12.8 Å². The van der Waals surface area contributed by atoms with E-state index in [1.54, 1.807) is 12.2 Å². The number of carbonyl (C=O) groups excluding carboxylic acids is 1. The van der Waals surface area contributed by atoms with E-state index in [2.05, 4.69) is 13.5 Å². The van der Waals surface area contributed by atoms with Gasteiger partial charge in [-0.1, -0.05) is 70.9 Å². The number of rotatable bonds is 12. The van der Waals surface area contributed by atoms with E-state index in [1.165, 1.54) is 51.2 Å². The van der Waals surface area contributed by atoms with Crippen LogP contribution in [0.25, 0.3) is 0 Å². The SMILES string of the molecule is C=CC=COC(=O)CCCCCCCCCCC.[H-].[K+]. The largest absolute Gasteiger partial charge is 1.00 e. The molecule has 0 N–H and O–H groups in total. The van der Waals surface area contributed by atoms with Crippen molar-refractivity contribution in [1.29, 1.82) is 0 Å². The maximum Gasteiger partial charge on any atom is 1.00 e. The molecule has 0 radical (unpaired) electrons. The number of carbonyl (C=O) groups is 1. The van der Waals surface area contributed by atoms with Crippen LogP contribution in [-0.2, 0) is 9.53 Å². The molecular formula is C16H29KO2. The van der Waals surface area contributed by atoms with Gasteiger partial charge in [-0.25, -0.2) is 0 Å². The van der Waals surface area contributed by atoms with E-state index in [0.29, 0.717) is 6.42 Å². The van der Waals surface area contributed by atoms with E-state index in [4.69, 9.17) is 4.74 Å². The summed E-state index contributed by atoms with van der Waals surface area (Å²) >= 11 is 0. The van der Waals surface area contributed by atoms with E-state index in [1.807, 2.05) is 0 Å². The number of allylic oxidation sites excluding steroid dienone is 2. The molecule has 0 unspecified atom stereocenters. The minimum atomic E-state index is -0.143. The van der Waals surface area contributed by atoms with Gasteiger partial charge < -0.3 is 6.16 Å². The van der Waals surface area contributed by atoms with Crippen LogP contribution in [0.4, 0.5) is 0 Å². The first-order valence-electron chi connectivity index (χ1n) is 7.28. The molecule has 0 spiro atoms. The Labute approximate surface area is 163 Å². The van der Waals surface area contributed by atoms with Gasteiger partial charge >= 0.3 is 57.4 Å². The number of unbranched alkanes of at least 4 members (excludes halogenated alkanes) is 8. The molecule has 0 aromatic carbocycles. The standard InChI is InChI=1S/C16H28O2.K.H/c1-3-5-7-8-9-10-11-12-13-14-16(17)18-15-6-4-2;;/h4,6,15H,2-3,5,7-14H2,1H3;;/q;+1;-1. The van der Waals surface area contributed by atoms with Crippen molar-refractivity contribution in [2.45, 2.75) is 71.1 Å². The zero-order valence-electron chi connectivity index (χ0n) is 13.8. The van der Waals surface area contributed by atoms with E-state index < -0.39 is 0 Å². The Kier molecular flexibility index (Phi) is 21.4. The molecule has 106 valence electrons. The van der Waals surface area contributed by atoms with Crippen LogP contribution in [0.5, 0.6) is 0 Å². The smallest absolute Gasteiger partial charge is 1.00 e. The summed E-state index contributed by atoms with van der Waals surface area (Å²) < 4.78 is 4.86. The third-order valence-electron chi connectivity index (χ3n) is 2.90. The number of ether oxygens (including phenoxy) is 1. The fourth-order valence-corrected chi connectivity index (χ4v) is 1.81. The van der Waals surface area contributed by atoms with Crippen molar-refractivity contribution in [3.63, 3.8) is 0 Å². The van der Waals surface area contributed by atoms with Gasteiger partial charge in [0.05, 0.1) is 6.26 Å². The second kappa shape index (κ2) is 18.6. The molecule has 0 saturated heterocycles. The van der Waals surface area contributed by atoms with Crippen LogP contribution in [0.2, 0.25) is 0 Å². The van der Waals surface area contributed by atoms with E-state index in [9.17, 15) is 4.79 Å². The van der Waals surface area contributed by atoms with Crippen LogP contribution in [0.1, 0.15) is 72.6 Å². The zero-order chi connectivity index (χ0) is 13.5. The molecule has 0 bridgehead atoms. The molecule has 0 amide bonds. The van der Waals surface area contributed by atoms with Crippen molar-refractivity contribution in [3.05, 3.63) is 25.0 Å². The van der Waals surface area contributed by atoms with Gasteiger partial charge in [-0.2, -0.15) is 0 Å². The van der Waals surface area contributed by atoms with Gasteiger partial charge in [0.15, 0.2) is 0 Å². The quantitative estimate of drug-likeness (QED) is 0.181.